The van der Waals surface area contributed by atoms with Crippen LogP contribution in [0.4, 0.5) is 0 Å². The van der Waals surface area contributed by atoms with Crippen LogP contribution in [0.5, 0.6) is 0 Å². The van der Waals surface area contributed by atoms with Gasteiger partial charge < -0.3 is 0 Å². The molecule has 0 unspecified atom stereocenters. The zero-order valence-corrected chi connectivity index (χ0v) is 7.70. The van der Waals surface area contributed by atoms with E-state index in [0.717, 1.165) is 5.69 Å². The molecule has 3 heteroatoms. The Kier molecular flexibility index (Phi) is 5.54. The molecule has 1 heterocycles. The van der Waals surface area contributed by atoms with Gasteiger partial charge in [0, 0.05) is 6.20 Å². The Bertz CT molecular complexity index is 245. The van der Waals surface area contributed by atoms with Gasteiger partial charge in [0.15, 0.2) is 5.69 Å². The van der Waals surface area contributed by atoms with Gasteiger partial charge >= 0.3 is 0 Å². The molecule has 0 saturated carbocycles. The molecule has 0 aliphatic heterocycles. The average molecular weight is 163 g/mol. The summed E-state index contributed by atoms with van der Waals surface area (Å²) in [5, 5.41) is 8.28. The number of aryl methyl sites for hydroxylation is 1. The SMILES string of the molecule is CCC.Cc1cnc(C#N)cn1. The number of rotatable bonds is 0. The molecule has 0 amide bonds. The molecule has 0 radical (unpaired) electrons. The van der Waals surface area contributed by atoms with Crippen molar-refractivity contribution in [2.45, 2.75) is 27.2 Å². The van der Waals surface area contributed by atoms with Crippen LogP contribution in [0.2, 0.25) is 0 Å². The molecule has 0 bridgehead atoms. The van der Waals surface area contributed by atoms with E-state index in [9.17, 15) is 0 Å². The number of hydrogen-bond donors (Lipinski definition) is 0. The van der Waals surface area contributed by atoms with E-state index in [-0.39, 0.29) is 0 Å². The average Bonchev–Trinajstić information content (AvgIpc) is 2.07. The molecular weight excluding hydrogens is 150 g/mol. The van der Waals surface area contributed by atoms with E-state index in [1.54, 1.807) is 6.20 Å². The van der Waals surface area contributed by atoms with Crippen LogP contribution >= 0.6 is 0 Å². The standard InChI is InChI=1S/C6H5N3.C3H8/c1-5-3-9-6(2-7)4-8-5;1-3-2/h3-4H,1H3;3H2,1-2H3. The second kappa shape index (κ2) is 6.29. The van der Waals surface area contributed by atoms with Crippen molar-refractivity contribution in [1.82, 2.24) is 9.97 Å². The molecule has 0 aliphatic rings. The molecule has 0 aromatic carbocycles. The highest BCUT2D eigenvalue weighted by molar-refractivity contribution is 5.15. The summed E-state index contributed by atoms with van der Waals surface area (Å²) in [6, 6.07) is 1.88. The van der Waals surface area contributed by atoms with Gasteiger partial charge in [-0.25, -0.2) is 4.98 Å². The zero-order chi connectivity index (χ0) is 9.40. The minimum Gasteiger partial charge on any atom is -0.257 e. The van der Waals surface area contributed by atoms with Gasteiger partial charge in [0.2, 0.25) is 0 Å². The van der Waals surface area contributed by atoms with E-state index in [1.165, 1.54) is 12.6 Å². The smallest absolute Gasteiger partial charge is 0.158 e. The van der Waals surface area contributed by atoms with Crippen molar-refractivity contribution in [2.24, 2.45) is 0 Å². The van der Waals surface area contributed by atoms with Crippen LogP contribution in [0.25, 0.3) is 0 Å². The van der Waals surface area contributed by atoms with Gasteiger partial charge in [-0.3, -0.25) is 4.98 Å². The Morgan fingerprint density at radius 3 is 2.25 bits per heavy atom. The Balaban J connectivity index is 0.000000354. The lowest BCUT2D eigenvalue weighted by molar-refractivity contribution is 1.09. The highest BCUT2D eigenvalue weighted by atomic mass is 14.8. The van der Waals surface area contributed by atoms with E-state index >= 15 is 0 Å². The van der Waals surface area contributed by atoms with E-state index < -0.39 is 0 Å². The largest absolute Gasteiger partial charge is 0.257 e. The molecule has 0 atom stereocenters. The summed E-state index contributed by atoms with van der Waals surface area (Å²) in [5.41, 5.74) is 1.19. The van der Waals surface area contributed by atoms with Crippen molar-refractivity contribution in [1.29, 1.82) is 5.26 Å². The lowest BCUT2D eigenvalue weighted by Crippen LogP contribution is -1.85. The lowest BCUT2D eigenvalue weighted by Gasteiger charge is -1.86. The predicted molar refractivity (Wildman–Crippen MR) is 47.4 cm³/mol. The monoisotopic (exact) mass is 163 g/mol. The van der Waals surface area contributed by atoms with Gasteiger partial charge in [0.1, 0.15) is 6.07 Å². The first-order chi connectivity index (χ1) is 5.74. The molecule has 3 nitrogen and oxygen atoms in total. The van der Waals surface area contributed by atoms with Crippen molar-refractivity contribution in [2.75, 3.05) is 0 Å². The molecule has 1 aromatic rings. The quantitative estimate of drug-likeness (QED) is 0.588. The third kappa shape index (κ3) is 4.40. The van der Waals surface area contributed by atoms with E-state index in [0.29, 0.717) is 5.69 Å². The zero-order valence-electron chi connectivity index (χ0n) is 7.70. The first kappa shape index (κ1) is 10.6. The Hall–Kier alpha value is -1.43. The first-order valence-electron chi connectivity index (χ1n) is 3.93. The highest BCUT2D eigenvalue weighted by Gasteiger charge is 1.87. The van der Waals surface area contributed by atoms with Crippen LogP contribution < -0.4 is 0 Å². The van der Waals surface area contributed by atoms with E-state index in [2.05, 4.69) is 23.8 Å². The van der Waals surface area contributed by atoms with Crippen molar-refractivity contribution in [3.8, 4) is 6.07 Å². The maximum Gasteiger partial charge on any atom is 0.158 e. The third-order valence-electron chi connectivity index (χ3n) is 0.895. The number of hydrogen-bond acceptors (Lipinski definition) is 3. The van der Waals surface area contributed by atoms with E-state index in [1.807, 2.05) is 13.0 Å². The van der Waals surface area contributed by atoms with Crippen LogP contribution in [0, 0.1) is 18.3 Å². The lowest BCUT2D eigenvalue weighted by atomic mass is 10.4. The summed E-state index contributed by atoms with van der Waals surface area (Å²) in [6.07, 6.45) is 4.27. The van der Waals surface area contributed by atoms with Gasteiger partial charge in [-0.1, -0.05) is 20.3 Å². The number of nitrogens with zero attached hydrogens (tertiary/aromatic N) is 3. The molecule has 0 saturated heterocycles. The van der Waals surface area contributed by atoms with Gasteiger partial charge in [-0.05, 0) is 6.92 Å². The Morgan fingerprint density at radius 1 is 1.33 bits per heavy atom. The topological polar surface area (TPSA) is 49.6 Å². The van der Waals surface area contributed by atoms with Crippen molar-refractivity contribution < 1.29 is 0 Å². The molecule has 1 rings (SSSR count). The fraction of sp³-hybridized carbons (Fsp3) is 0.444. The Labute approximate surface area is 73.1 Å². The van der Waals surface area contributed by atoms with Crippen LogP contribution in [-0.2, 0) is 0 Å². The Morgan fingerprint density at radius 2 is 1.92 bits per heavy atom. The fourth-order valence-electron chi connectivity index (χ4n) is 0.450. The fourth-order valence-corrected chi connectivity index (χ4v) is 0.450. The van der Waals surface area contributed by atoms with Gasteiger partial charge in [-0.15, -0.1) is 0 Å². The van der Waals surface area contributed by atoms with Gasteiger partial charge in [0.05, 0.1) is 11.9 Å². The molecule has 1 aromatic heterocycles. The first-order valence-corrected chi connectivity index (χ1v) is 3.93. The molecule has 0 fully saturated rings. The molecular formula is C9H13N3. The minimum atomic E-state index is 0.362. The normalized spacial score (nSPS) is 7.83. The van der Waals surface area contributed by atoms with Crippen LogP contribution in [0.1, 0.15) is 31.7 Å². The molecule has 64 valence electrons. The maximum absolute atomic E-state index is 8.28. The summed E-state index contributed by atoms with van der Waals surface area (Å²) >= 11 is 0. The minimum absolute atomic E-state index is 0.362. The van der Waals surface area contributed by atoms with Crippen LogP contribution in [-0.4, -0.2) is 9.97 Å². The van der Waals surface area contributed by atoms with Crippen molar-refractivity contribution >= 4 is 0 Å². The third-order valence-corrected chi connectivity index (χ3v) is 0.895. The second-order valence-electron chi connectivity index (χ2n) is 2.36. The maximum atomic E-state index is 8.28. The second-order valence-corrected chi connectivity index (χ2v) is 2.36. The van der Waals surface area contributed by atoms with Crippen LogP contribution in [0.3, 0.4) is 0 Å². The molecule has 12 heavy (non-hydrogen) atoms. The summed E-state index contributed by atoms with van der Waals surface area (Å²) < 4.78 is 0. The predicted octanol–water partition coefficient (Wildman–Crippen LogP) is 2.07. The molecule has 0 N–H and O–H groups in total. The summed E-state index contributed by atoms with van der Waals surface area (Å²) in [7, 11) is 0. The van der Waals surface area contributed by atoms with Crippen LogP contribution in [0.15, 0.2) is 12.4 Å². The number of aromatic nitrogens is 2. The van der Waals surface area contributed by atoms with Gasteiger partial charge in [-0.2, -0.15) is 5.26 Å². The van der Waals surface area contributed by atoms with Crippen molar-refractivity contribution in [3.63, 3.8) is 0 Å². The summed E-state index contributed by atoms with van der Waals surface area (Å²) in [4.78, 5) is 7.64. The summed E-state index contributed by atoms with van der Waals surface area (Å²) in [6.45, 7) is 6.08. The summed E-state index contributed by atoms with van der Waals surface area (Å²) in [5.74, 6) is 0. The highest BCUT2D eigenvalue weighted by Crippen LogP contribution is 1.89. The number of nitriles is 1. The molecule has 0 aliphatic carbocycles. The van der Waals surface area contributed by atoms with Crippen molar-refractivity contribution in [3.05, 3.63) is 23.8 Å². The molecule has 0 spiro atoms. The van der Waals surface area contributed by atoms with Gasteiger partial charge in [0.25, 0.3) is 0 Å². The van der Waals surface area contributed by atoms with E-state index in [4.69, 9.17) is 5.26 Å².